The summed E-state index contributed by atoms with van der Waals surface area (Å²) in [6.07, 6.45) is 4.59. The first-order chi connectivity index (χ1) is 11.8. The van der Waals surface area contributed by atoms with Crippen LogP contribution in [0.5, 0.6) is 0 Å². The molecule has 1 saturated carbocycles. The number of rotatable bonds is 5. The van der Waals surface area contributed by atoms with Gasteiger partial charge in [-0.2, -0.15) is 0 Å². The van der Waals surface area contributed by atoms with Crippen LogP contribution in [0.15, 0.2) is 0 Å². The van der Waals surface area contributed by atoms with Crippen LogP contribution in [0.3, 0.4) is 0 Å². The van der Waals surface area contributed by atoms with Crippen LogP contribution in [-0.2, 0) is 19.1 Å². The summed E-state index contributed by atoms with van der Waals surface area (Å²) in [5.74, 6) is -0.0751. The van der Waals surface area contributed by atoms with E-state index in [1.807, 2.05) is 4.90 Å². The summed E-state index contributed by atoms with van der Waals surface area (Å²) in [5.41, 5.74) is 4.67. The Balaban J connectivity index is 1.51. The number of amides is 3. The highest BCUT2D eigenvalue weighted by Gasteiger charge is 2.58. The van der Waals surface area contributed by atoms with Crippen molar-refractivity contribution in [2.24, 2.45) is 23.0 Å². The van der Waals surface area contributed by atoms with Gasteiger partial charge in [0, 0.05) is 33.8 Å². The van der Waals surface area contributed by atoms with Crippen molar-refractivity contribution in [3.8, 4) is 0 Å². The Kier molecular flexibility index (Phi) is 5.04. The van der Waals surface area contributed by atoms with Crippen LogP contribution >= 0.6 is 0 Å². The van der Waals surface area contributed by atoms with Crippen LogP contribution in [0.1, 0.15) is 38.5 Å². The van der Waals surface area contributed by atoms with Gasteiger partial charge in [-0.15, -0.1) is 0 Å². The second-order valence-electron chi connectivity index (χ2n) is 7.96. The van der Waals surface area contributed by atoms with E-state index in [4.69, 9.17) is 10.5 Å². The highest BCUT2D eigenvalue weighted by molar-refractivity contribution is 6.07. The topological polar surface area (TPSA) is 92.9 Å². The maximum Gasteiger partial charge on any atom is 0.238 e. The van der Waals surface area contributed by atoms with Crippen molar-refractivity contribution in [1.29, 1.82) is 0 Å². The van der Waals surface area contributed by atoms with Crippen molar-refractivity contribution in [1.82, 2.24) is 9.80 Å². The normalized spacial score (nSPS) is 28.6. The van der Waals surface area contributed by atoms with E-state index in [0.717, 1.165) is 19.3 Å². The van der Waals surface area contributed by atoms with Crippen LogP contribution in [0.4, 0.5) is 0 Å². The molecule has 3 fully saturated rings. The zero-order valence-electron chi connectivity index (χ0n) is 15.2. The lowest BCUT2D eigenvalue weighted by molar-refractivity contribution is -0.149. The first-order valence-corrected chi connectivity index (χ1v) is 9.27. The molecule has 25 heavy (non-hydrogen) atoms. The Morgan fingerprint density at radius 3 is 2.32 bits per heavy atom. The number of piperidine rings is 1. The first-order valence-electron chi connectivity index (χ1n) is 9.27. The maximum absolute atomic E-state index is 12.8. The summed E-state index contributed by atoms with van der Waals surface area (Å²) in [7, 11) is 3.41. The lowest BCUT2D eigenvalue weighted by atomic mass is 9.86. The second-order valence-corrected chi connectivity index (χ2v) is 7.96. The molecule has 0 radical (unpaired) electrons. The van der Waals surface area contributed by atoms with Gasteiger partial charge in [0.25, 0.3) is 0 Å². The van der Waals surface area contributed by atoms with Crippen LogP contribution < -0.4 is 5.73 Å². The zero-order chi connectivity index (χ0) is 18.2. The molecule has 7 nitrogen and oxygen atoms in total. The average molecular weight is 351 g/mol. The van der Waals surface area contributed by atoms with Gasteiger partial charge in [0.05, 0.1) is 12.0 Å². The van der Waals surface area contributed by atoms with Gasteiger partial charge < -0.3 is 20.3 Å². The van der Waals surface area contributed by atoms with E-state index in [-0.39, 0.29) is 29.7 Å². The predicted octanol–water partition coefficient (Wildman–Crippen LogP) is 0.374. The number of carbonyl (C=O) groups is 3. The van der Waals surface area contributed by atoms with Gasteiger partial charge >= 0.3 is 0 Å². The van der Waals surface area contributed by atoms with Gasteiger partial charge in [0.2, 0.25) is 17.7 Å². The smallest absolute Gasteiger partial charge is 0.238 e. The van der Waals surface area contributed by atoms with E-state index < -0.39 is 5.41 Å². The Morgan fingerprint density at radius 2 is 1.80 bits per heavy atom. The fourth-order valence-electron chi connectivity index (χ4n) is 4.28. The summed E-state index contributed by atoms with van der Waals surface area (Å²) in [6, 6.07) is 0. The van der Waals surface area contributed by atoms with Crippen LogP contribution in [0.25, 0.3) is 0 Å². The van der Waals surface area contributed by atoms with E-state index in [1.165, 1.54) is 4.90 Å². The highest BCUT2D eigenvalue weighted by atomic mass is 16.5. The Bertz CT molecular complexity index is 551. The van der Waals surface area contributed by atoms with Gasteiger partial charge in [-0.3, -0.25) is 14.4 Å². The fraction of sp³-hybridized carbons (Fsp3) is 0.833. The number of ether oxygens (including phenoxy) is 1. The van der Waals surface area contributed by atoms with Crippen LogP contribution in [0, 0.1) is 17.3 Å². The van der Waals surface area contributed by atoms with Gasteiger partial charge in [0.1, 0.15) is 5.41 Å². The number of likely N-dealkylation sites (tertiary alicyclic amines) is 1. The summed E-state index contributed by atoms with van der Waals surface area (Å²) in [6.45, 7) is 1.96. The van der Waals surface area contributed by atoms with Crippen molar-refractivity contribution in [2.75, 3.05) is 33.8 Å². The summed E-state index contributed by atoms with van der Waals surface area (Å²) in [5, 5.41) is 0. The van der Waals surface area contributed by atoms with E-state index >= 15 is 0 Å². The van der Waals surface area contributed by atoms with Gasteiger partial charge in [0.15, 0.2) is 0 Å². The Hall–Kier alpha value is -1.63. The molecule has 140 valence electrons. The summed E-state index contributed by atoms with van der Waals surface area (Å²) < 4.78 is 5.69. The zero-order valence-corrected chi connectivity index (χ0v) is 15.2. The molecule has 0 aromatic rings. The van der Waals surface area contributed by atoms with Crippen molar-refractivity contribution in [3.63, 3.8) is 0 Å². The monoisotopic (exact) mass is 351 g/mol. The van der Waals surface area contributed by atoms with Gasteiger partial charge in [-0.25, -0.2) is 0 Å². The summed E-state index contributed by atoms with van der Waals surface area (Å²) in [4.78, 5) is 40.0. The number of nitrogens with zero attached hydrogens (tertiary/aromatic N) is 2. The molecule has 0 unspecified atom stereocenters. The van der Waals surface area contributed by atoms with E-state index in [2.05, 4.69) is 0 Å². The number of carbonyl (C=O) groups excluding carboxylic acids is 3. The molecule has 0 bridgehead atoms. The molecule has 7 heteroatoms. The molecule has 1 aliphatic carbocycles. The van der Waals surface area contributed by atoms with Gasteiger partial charge in [-0.05, 0) is 44.4 Å². The molecule has 0 aromatic heterocycles. The molecule has 3 rings (SSSR count). The van der Waals surface area contributed by atoms with Crippen molar-refractivity contribution < 1.29 is 19.1 Å². The fourth-order valence-corrected chi connectivity index (χ4v) is 4.28. The molecular formula is C18H29N3O4. The standard InChI is InChI=1S/C18H29N3O4/c1-20(2)16(23)18(6-7-18)17(24)21-8-3-12(4-9-21)11-14-13(15(19)22)5-10-25-14/h12-14H,3-11H2,1-2H3,(H2,19,22)/t13-,14-/m1/s1. The third-order valence-electron chi connectivity index (χ3n) is 6.02. The molecule has 3 aliphatic rings. The van der Waals surface area contributed by atoms with Crippen molar-refractivity contribution in [2.45, 2.75) is 44.6 Å². The minimum atomic E-state index is -0.790. The molecule has 3 amide bonds. The molecule has 2 saturated heterocycles. The molecular weight excluding hydrogens is 322 g/mol. The number of nitrogens with two attached hydrogens (primary N) is 1. The SMILES string of the molecule is CN(C)C(=O)C1(C(=O)N2CCC(C[C@H]3OCC[C@H]3C(N)=O)CC2)CC1. The lowest BCUT2D eigenvalue weighted by Crippen LogP contribution is -2.48. The summed E-state index contributed by atoms with van der Waals surface area (Å²) >= 11 is 0. The van der Waals surface area contributed by atoms with Crippen molar-refractivity contribution in [3.05, 3.63) is 0 Å². The molecule has 2 heterocycles. The molecule has 2 N–H and O–H groups in total. The number of hydrogen-bond donors (Lipinski definition) is 1. The van der Waals surface area contributed by atoms with E-state index in [9.17, 15) is 14.4 Å². The largest absolute Gasteiger partial charge is 0.377 e. The van der Waals surface area contributed by atoms with Gasteiger partial charge in [-0.1, -0.05) is 0 Å². The quantitative estimate of drug-likeness (QED) is 0.725. The Labute approximate surface area is 148 Å². The minimum absolute atomic E-state index is 0.00298. The third-order valence-corrected chi connectivity index (χ3v) is 6.02. The average Bonchev–Trinajstić information content (AvgIpc) is 3.26. The van der Waals surface area contributed by atoms with E-state index in [1.54, 1.807) is 14.1 Å². The molecule has 2 aliphatic heterocycles. The van der Waals surface area contributed by atoms with E-state index in [0.29, 0.717) is 44.9 Å². The third kappa shape index (κ3) is 3.52. The number of hydrogen-bond acceptors (Lipinski definition) is 4. The number of primary amides is 1. The maximum atomic E-state index is 12.8. The Morgan fingerprint density at radius 1 is 1.16 bits per heavy atom. The molecule has 2 atom stereocenters. The predicted molar refractivity (Wildman–Crippen MR) is 91.3 cm³/mol. The van der Waals surface area contributed by atoms with Crippen LogP contribution in [-0.4, -0.2) is 67.4 Å². The molecule has 0 aromatic carbocycles. The van der Waals surface area contributed by atoms with Crippen molar-refractivity contribution >= 4 is 17.7 Å². The van der Waals surface area contributed by atoms with Crippen LogP contribution in [0.2, 0.25) is 0 Å². The molecule has 0 spiro atoms. The minimum Gasteiger partial charge on any atom is -0.377 e. The first kappa shape index (κ1) is 18.2. The lowest BCUT2D eigenvalue weighted by Gasteiger charge is -2.35. The second kappa shape index (κ2) is 6.94. The highest BCUT2D eigenvalue weighted by Crippen LogP contribution is 2.49.